The first kappa shape index (κ1) is 27.2. The molecule has 6 nitrogen and oxygen atoms in total. The van der Waals surface area contributed by atoms with E-state index in [2.05, 4.69) is 15.0 Å². The zero-order valence-corrected chi connectivity index (χ0v) is 19.9. The zero-order valence-electron chi connectivity index (χ0n) is 19.1. The first-order valence-electron chi connectivity index (χ1n) is 10.7. The lowest BCUT2D eigenvalue weighted by atomic mass is 9.80. The van der Waals surface area contributed by atoms with Crippen molar-refractivity contribution in [3.05, 3.63) is 94.8 Å². The molecule has 0 aliphatic rings. The van der Waals surface area contributed by atoms with Gasteiger partial charge in [-0.1, -0.05) is 54.1 Å². The van der Waals surface area contributed by atoms with Crippen molar-refractivity contribution in [1.29, 1.82) is 0 Å². The van der Waals surface area contributed by atoms with Gasteiger partial charge in [0.05, 0.1) is 17.3 Å². The molecule has 192 valence electrons. The molecule has 1 aromatic heterocycles. The number of methoxy groups -OCH3 is 1. The molecule has 3 aromatic rings. The Hall–Kier alpha value is -3.37. The second-order valence-electron chi connectivity index (χ2n) is 7.68. The molecule has 1 amide bonds. The summed E-state index contributed by atoms with van der Waals surface area (Å²) in [6, 6.07) is 17.2. The molecule has 0 fully saturated rings. The predicted octanol–water partition coefficient (Wildman–Crippen LogP) is 5.83. The van der Waals surface area contributed by atoms with Crippen molar-refractivity contribution in [1.82, 2.24) is 10.3 Å². The van der Waals surface area contributed by atoms with Gasteiger partial charge in [0.1, 0.15) is 17.9 Å². The SMILES string of the molecule is COCCOC(=O)N[C@@](Cc1ccccc1)(c1cccc(OC(F)(F)C(F)F)c1)c1ccc(Cl)cn1. The smallest absolute Gasteiger partial charge is 0.447 e. The molecule has 0 radical (unpaired) electrons. The van der Waals surface area contributed by atoms with Gasteiger partial charge in [0.15, 0.2) is 0 Å². The summed E-state index contributed by atoms with van der Waals surface area (Å²) in [5.74, 6) is -0.529. The minimum Gasteiger partial charge on any atom is -0.447 e. The molecule has 11 heteroatoms. The second kappa shape index (κ2) is 12.0. The van der Waals surface area contributed by atoms with E-state index in [1.807, 2.05) is 0 Å². The largest absolute Gasteiger partial charge is 0.461 e. The fourth-order valence-corrected chi connectivity index (χ4v) is 3.62. The van der Waals surface area contributed by atoms with Crippen LogP contribution in [0.4, 0.5) is 22.4 Å². The number of alkyl halides is 4. The number of rotatable bonds is 11. The number of carbonyl (C=O) groups is 1. The minimum absolute atomic E-state index is 0.0540. The van der Waals surface area contributed by atoms with Gasteiger partial charge in [-0.3, -0.25) is 4.98 Å². The van der Waals surface area contributed by atoms with Crippen molar-refractivity contribution in [2.75, 3.05) is 20.3 Å². The Morgan fingerprint density at radius 2 is 1.81 bits per heavy atom. The van der Waals surface area contributed by atoms with Crippen LogP contribution in [0, 0.1) is 0 Å². The number of alkyl carbamates (subject to hydrolysis) is 1. The molecule has 0 saturated heterocycles. The molecule has 1 N–H and O–H groups in total. The number of aromatic nitrogens is 1. The fraction of sp³-hybridized carbons (Fsp3) is 0.280. The van der Waals surface area contributed by atoms with Crippen LogP contribution in [0.15, 0.2) is 72.9 Å². The molecule has 2 aromatic carbocycles. The molecule has 36 heavy (non-hydrogen) atoms. The normalized spacial score (nSPS) is 13.2. The standard InChI is InChI=1S/C25H23ClF4N2O4/c1-34-12-13-35-23(33)32-24(15-17-6-3-2-4-7-17,21-11-10-19(26)16-31-21)18-8-5-9-20(14-18)36-25(29,30)22(27)28/h2-11,14,16,22H,12-13,15H2,1H3,(H,32,33)/t24-/m0/s1. The number of ether oxygens (including phenoxy) is 3. The van der Waals surface area contributed by atoms with Crippen LogP contribution >= 0.6 is 11.6 Å². The van der Waals surface area contributed by atoms with Gasteiger partial charge in [-0.15, -0.1) is 0 Å². The summed E-state index contributed by atoms with van der Waals surface area (Å²) in [5, 5.41) is 3.11. The van der Waals surface area contributed by atoms with Crippen molar-refractivity contribution in [3.8, 4) is 5.75 Å². The zero-order chi connectivity index (χ0) is 26.2. The van der Waals surface area contributed by atoms with Gasteiger partial charge in [0.25, 0.3) is 0 Å². The Kier molecular flexibility index (Phi) is 9.11. The van der Waals surface area contributed by atoms with Crippen LogP contribution in [0.25, 0.3) is 0 Å². The highest BCUT2D eigenvalue weighted by molar-refractivity contribution is 6.30. The molecule has 1 heterocycles. The van der Waals surface area contributed by atoms with Crippen LogP contribution in [-0.2, 0) is 21.4 Å². The second-order valence-corrected chi connectivity index (χ2v) is 8.11. The maximum atomic E-state index is 13.7. The number of benzene rings is 2. The lowest BCUT2D eigenvalue weighted by molar-refractivity contribution is -0.253. The van der Waals surface area contributed by atoms with E-state index in [9.17, 15) is 22.4 Å². The molecule has 0 aliphatic heterocycles. The Morgan fingerprint density at radius 3 is 2.44 bits per heavy atom. The Bertz CT molecular complexity index is 1140. The number of pyridine rings is 1. The van der Waals surface area contributed by atoms with Crippen molar-refractivity contribution in [2.24, 2.45) is 0 Å². The third-order valence-corrected chi connectivity index (χ3v) is 5.37. The van der Waals surface area contributed by atoms with Crippen LogP contribution in [0.1, 0.15) is 16.8 Å². The highest BCUT2D eigenvalue weighted by Crippen LogP contribution is 2.36. The van der Waals surface area contributed by atoms with E-state index >= 15 is 0 Å². The van der Waals surface area contributed by atoms with E-state index in [0.29, 0.717) is 5.02 Å². The van der Waals surface area contributed by atoms with E-state index in [0.717, 1.165) is 17.7 Å². The Morgan fingerprint density at radius 1 is 1.06 bits per heavy atom. The van der Waals surface area contributed by atoms with Gasteiger partial charge >= 0.3 is 18.6 Å². The van der Waals surface area contributed by atoms with Crippen molar-refractivity contribution < 1.29 is 36.6 Å². The molecular formula is C25H23ClF4N2O4. The third kappa shape index (κ3) is 6.86. The van der Waals surface area contributed by atoms with Crippen LogP contribution < -0.4 is 10.1 Å². The molecule has 3 rings (SSSR count). The van der Waals surface area contributed by atoms with E-state index in [4.69, 9.17) is 21.1 Å². The van der Waals surface area contributed by atoms with Gasteiger partial charge in [0.2, 0.25) is 0 Å². The average molecular weight is 527 g/mol. The molecule has 0 aliphatic carbocycles. The number of nitrogens with zero attached hydrogens (tertiary/aromatic N) is 1. The highest BCUT2D eigenvalue weighted by atomic mass is 35.5. The van der Waals surface area contributed by atoms with Crippen LogP contribution in [0.3, 0.4) is 0 Å². The number of hydrogen-bond donors (Lipinski definition) is 1. The van der Waals surface area contributed by atoms with E-state index in [1.165, 1.54) is 25.4 Å². The third-order valence-electron chi connectivity index (χ3n) is 5.15. The summed E-state index contributed by atoms with van der Waals surface area (Å²) in [6.45, 7) is 0.0892. The predicted molar refractivity (Wildman–Crippen MR) is 125 cm³/mol. The van der Waals surface area contributed by atoms with Gasteiger partial charge < -0.3 is 19.5 Å². The molecule has 0 spiro atoms. The number of halogens is 5. The number of nitrogens with one attached hydrogen (secondary N) is 1. The first-order chi connectivity index (χ1) is 17.2. The summed E-state index contributed by atoms with van der Waals surface area (Å²) in [4.78, 5) is 17.2. The molecule has 0 unspecified atom stereocenters. The monoisotopic (exact) mass is 526 g/mol. The van der Waals surface area contributed by atoms with Gasteiger partial charge in [-0.05, 0) is 35.4 Å². The van der Waals surface area contributed by atoms with E-state index in [-0.39, 0.29) is 30.9 Å². The lowest BCUT2D eigenvalue weighted by Gasteiger charge is -2.35. The van der Waals surface area contributed by atoms with Crippen molar-refractivity contribution >= 4 is 17.7 Å². The summed E-state index contributed by atoms with van der Waals surface area (Å²) >= 11 is 6.02. The molecule has 0 bridgehead atoms. The van der Waals surface area contributed by atoms with Crippen LogP contribution in [0.2, 0.25) is 5.02 Å². The number of carbonyl (C=O) groups excluding carboxylic acids is 1. The summed E-state index contributed by atoms with van der Waals surface area (Å²) < 4.78 is 67.2. The summed E-state index contributed by atoms with van der Waals surface area (Å²) in [7, 11) is 1.44. The first-order valence-corrected chi connectivity index (χ1v) is 11.1. The lowest BCUT2D eigenvalue weighted by Crippen LogP contribution is -2.49. The number of hydrogen-bond acceptors (Lipinski definition) is 5. The maximum absolute atomic E-state index is 13.7. The maximum Gasteiger partial charge on any atom is 0.461 e. The fourth-order valence-electron chi connectivity index (χ4n) is 3.51. The summed E-state index contributed by atoms with van der Waals surface area (Å²) in [6.07, 6.45) is -8.15. The van der Waals surface area contributed by atoms with E-state index in [1.54, 1.807) is 42.5 Å². The number of amides is 1. The quantitative estimate of drug-likeness (QED) is 0.251. The average Bonchev–Trinajstić information content (AvgIpc) is 2.84. The van der Waals surface area contributed by atoms with Crippen LogP contribution in [0.5, 0.6) is 5.75 Å². The summed E-state index contributed by atoms with van der Waals surface area (Å²) in [5.41, 5.74) is -0.226. The Labute approximate surface area is 210 Å². The molecular weight excluding hydrogens is 504 g/mol. The van der Waals surface area contributed by atoms with Gasteiger partial charge in [0, 0.05) is 19.7 Å². The minimum atomic E-state index is -4.72. The highest BCUT2D eigenvalue weighted by Gasteiger charge is 2.44. The van der Waals surface area contributed by atoms with Crippen LogP contribution in [-0.4, -0.2) is 43.9 Å². The Balaban J connectivity index is 2.14. The topological polar surface area (TPSA) is 69.7 Å². The van der Waals surface area contributed by atoms with Gasteiger partial charge in [-0.25, -0.2) is 4.79 Å². The van der Waals surface area contributed by atoms with Crippen molar-refractivity contribution in [3.63, 3.8) is 0 Å². The van der Waals surface area contributed by atoms with Gasteiger partial charge in [-0.2, -0.15) is 17.6 Å². The molecule has 0 saturated carbocycles. The van der Waals surface area contributed by atoms with Crippen molar-refractivity contribution in [2.45, 2.75) is 24.5 Å². The van der Waals surface area contributed by atoms with E-state index < -0.39 is 29.9 Å². The molecule has 1 atom stereocenters.